The molecule has 2 aromatic rings. The van der Waals surface area contributed by atoms with Crippen molar-refractivity contribution in [2.24, 2.45) is 0 Å². The number of benzene rings is 2. The van der Waals surface area contributed by atoms with Crippen LogP contribution in [0.5, 0.6) is 0 Å². The molecular formula is C23H26F6O2. The van der Waals surface area contributed by atoms with Crippen molar-refractivity contribution in [2.75, 3.05) is 0 Å². The van der Waals surface area contributed by atoms with Crippen molar-refractivity contribution >= 4 is 16.8 Å². The van der Waals surface area contributed by atoms with E-state index in [-0.39, 0.29) is 12.8 Å². The largest absolute Gasteiger partial charge is 0.429 e. The third kappa shape index (κ3) is 3.96. The first kappa shape index (κ1) is 25.2. The summed E-state index contributed by atoms with van der Waals surface area (Å²) in [6, 6.07) is 10.5. The maximum atomic E-state index is 13.6. The summed E-state index contributed by atoms with van der Waals surface area (Å²) < 4.78 is 87.4. The Morgan fingerprint density at radius 3 is 1.87 bits per heavy atom. The van der Waals surface area contributed by atoms with Crippen LogP contribution in [0.3, 0.4) is 0 Å². The molecule has 172 valence electrons. The summed E-state index contributed by atoms with van der Waals surface area (Å²) in [7, 11) is 0. The van der Waals surface area contributed by atoms with Gasteiger partial charge in [-0.05, 0) is 48.6 Å². The summed E-state index contributed by atoms with van der Waals surface area (Å²) in [5, 5.41) is 11.4. The molecule has 0 aromatic heterocycles. The maximum Gasteiger partial charge on any atom is 0.429 e. The molecule has 2 nitrogen and oxygen atoms in total. The highest BCUT2D eigenvalue weighted by molar-refractivity contribution is 5.89. The van der Waals surface area contributed by atoms with Gasteiger partial charge in [0.1, 0.15) is 5.60 Å². The van der Waals surface area contributed by atoms with Crippen molar-refractivity contribution in [1.29, 1.82) is 0 Å². The summed E-state index contributed by atoms with van der Waals surface area (Å²) in [4.78, 5) is 0. The molecule has 0 spiro atoms. The van der Waals surface area contributed by atoms with Crippen molar-refractivity contribution in [3.8, 4) is 0 Å². The van der Waals surface area contributed by atoms with Crippen LogP contribution in [0.1, 0.15) is 51.7 Å². The molecule has 1 N–H and O–H groups in total. The lowest BCUT2D eigenvalue weighted by molar-refractivity contribution is -0.422. The second-order valence-corrected chi connectivity index (χ2v) is 7.97. The van der Waals surface area contributed by atoms with E-state index in [0.717, 1.165) is 5.39 Å². The van der Waals surface area contributed by atoms with Crippen LogP contribution in [0.4, 0.5) is 26.3 Å². The Balaban J connectivity index is 2.83. The minimum atomic E-state index is -6.01. The predicted octanol–water partition coefficient (Wildman–Crippen LogP) is 7.15. The molecule has 0 fully saturated rings. The summed E-state index contributed by atoms with van der Waals surface area (Å²) in [6.45, 7) is 8.21. The van der Waals surface area contributed by atoms with Gasteiger partial charge < -0.3 is 9.84 Å². The summed E-state index contributed by atoms with van der Waals surface area (Å²) in [6.07, 6.45) is -10.4. The Kier molecular flexibility index (Phi) is 6.61. The lowest BCUT2D eigenvalue weighted by Gasteiger charge is -2.49. The number of halogens is 6. The van der Waals surface area contributed by atoms with E-state index in [1.165, 1.54) is 6.08 Å². The SMILES string of the molecule is C=Cc1ccc2ccccc2c1C(CC)(CC)OC(C)(C)C(O)(C(F)(F)F)C(F)(F)F. The first-order valence-electron chi connectivity index (χ1n) is 9.82. The quantitative estimate of drug-likeness (QED) is 0.456. The van der Waals surface area contributed by atoms with Crippen LogP contribution in [-0.2, 0) is 10.3 Å². The van der Waals surface area contributed by atoms with Gasteiger partial charge in [0, 0.05) is 0 Å². The highest BCUT2D eigenvalue weighted by atomic mass is 19.4. The molecule has 2 rings (SSSR count). The summed E-state index contributed by atoms with van der Waals surface area (Å²) >= 11 is 0. The highest BCUT2D eigenvalue weighted by Crippen LogP contribution is 2.54. The van der Waals surface area contributed by atoms with E-state index in [9.17, 15) is 31.4 Å². The molecule has 0 amide bonds. The molecule has 0 heterocycles. The highest BCUT2D eigenvalue weighted by Gasteiger charge is 2.78. The lowest BCUT2D eigenvalue weighted by atomic mass is 9.78. The van der Waals surface area contributed by atoms with Crippen LogP contribution >= 0.6 is 0 Å². The van der Waals surface area contributed by atoms with E-state index >= 15 is 0 Å². The number of hydrogen-bond acceptors (Lipinski definition) is 2. The maximum absolute atomic E-state index is 13.6. The zero-order chi connectivity index (χ0) is 23.9. The van der Waals surface area contributed by atoms with Crippen LogP contribution in [0.25, 0.3) is 16.8 Å². The number of fused-ring (bicyclic) bond motifs is 1. The zero-order valence-corrected chi connectivity index (χ0v) is 17.8. The first-order valence-corrected chi connectivity index (χ1v) is 9.82. The topological polar surface area (TPSA) is 29.5 Å². The number of ether oxygens (including phenoxy) is 1. The molecule has 31 heavy (non-hydrogen) atoms. The molecule has 8 heteroatoms. The van der Waals surface area contributed by atoms with Crippen molar-refractivity contribution < 1.29 is 36.2 Å². The van der Waals surface area contributed by atoms with Gasteiger partial charge in [-0.3, -0.25) is 0 Å². The molecule has 0 aliphatic rings. The van der Waals surface area contributed by atoms with Gasteiger partial charge in [-0.25, -0.2) is 0 Å². The van der Waals surface area contributed by atoms with Crippen molar-refractivity contribution in [2.45, 2.75) is 69.7 Å². The normalized spacial score (nSPS) is 14.2. The van der Waals surface area contributed by atoms with Gasteiger partial charge in [0.25, 0.3) is 5.60 Å². The van der Waals surface area contributed by atoms with Crippen LogP contribution in [0, 0.1) is 0 Å². The van der Waals surface area contributed by atoms with E-state index in [1.807, 2.05) is 0 Å². The van der Waals surface area contributed by atoms with E-state index in [4.69, 9.17) is 4.74 Å². The van der Waals surface area contributed by atoms with Crippen molar-refractivity contribution in [3.05, 3.63) is 54.1 Å². The summed E-state index contributed by atoms with van der Waals surface area (Å²) in [5.41, 5.74) is -8.74. The molecule has 0 saturated carbocycles. The second-order valence-electron chi connectivity index (χ2n) is 7.97. The Bertz CT molecular complexity index is 925. The van der Waals surface area contributed by atoms with Gasteiger partial charge in [-0.2, -0.15) is 26.3 Å². The van der Waals surface area contributed by atoms with Crippen LogP contribution in [0.15, 0.2) is 43.0 Å². The van der Waals surface area contributed by atoms with Crippen LogP contribution in [0.2, 0.25) is 0 Å². The minimum Gasteiger partial charge on any atom is -0.371 e. The standard InChI is InChI=1S/C23H26F6O2/c1-6-15-13-14-16-11-9-10-12-17(16)18(15)20(7-2,8-3)31-19(4,5)21(30,22(24,25)26)23(27,28)29/h6,9-14,30H,1,7-8H2,2-5H3. The molecule has 0 radical (unpaired) electrons. The molecule has 0 saturated heterocycles. The van der Waals surface area contributed by atoms with Crippen LogP contribution in [-0.4, -0.2) is 28.7 Å². The fraction of sp³-hybridized carbons (Fsp3) is 0.478. The average molecular weight is 448 g/mol. The second kappa shape index (κ2) is 8.13. The number of rotatable bonds is 7. The first-order chi connectivity index (χ1) is 14.1. The predicted molar refractivity (Wildman–Crippen MR) is 109 cm³/mol. The van der Waals surface area contributed by atoms with E-state index in [1.54, 1.807) is 50.2 Å². The molecule has 0 atom stereocenters. The monoisotopic (exact) mass is 448 g/mol. The number of alkyl halides is 6. The molecular weight excluding hydrogens is 422 g/mol. The van der Waals surface area contributed by atoms with Gasteiger partial charge >= 0.3 is 12.4 Å². The molecule has 0 unspecified atom stereocenters. The average Bonchev–Trinajstić information content (AvgIpc) is 2.68. The molecule has 2 aromatic carbocycles. The zero-order valence-electron chi connectivity index (χ0n) is 17.8. The molecule has 0 aliphatic heterocycles. The van der Waals surface area contributed by atoms with E-state index in [0.29, 0.717) is 30.4 Å². The van der Waals surface area contributed by atoms with Gasteiger partial charge in [0.05, 0.1) is 5.60 Å². The van der Waals surface area contributed by atoms with Crippen molar-refractivity contribution in [3.63, 3.8) is 0 Å². The third-order valence-corrected chi connectivity index (χ3v) is 5.92. The Morgan fingerprint density at radius 2 is 1.42 bits per heavy atom. The molecule has 0 aliphatic carbocycles. The fourth-order valence-corrected chi connectivity index (χ4v) is 4.17. The van der Waals surface area contributed by atoms with Crippen LogP contribution < -0.4 is 0 Å². The Labute approximate surface area is 177 Å². The van der Waals surface area contributed by atoms with E-state index in [2.05, 4.69) is 6.58 Å². The minimum absolute atomic E-state index is 0.0631. The van der Waals surface area contributed by atoms with E-state index < -0.39 is 29.2 Å². The Morgan fingerprint density at radius 1 is 0.903 bits per heavy atom. The number of hydrogen-bond donors (Lipinski definition) is 1. The third-order valence-electron chi connectivity index (χ3n) is 5.92. The van der Waals surface area contributed by atoms with Crippen molar-refractivity contribution in [1.82, 2.24) is 0 Å². The van der Waals surface area contributed by atoms with Gasteiger partial charge in [-0.15, -0.1) is 0 Å². The lowest BCUT2D eigenvalue weighted by Crippen LogP contribution is -2.70. The van der Waals surface area contributed by atoms with Gasteiger partial charge in [0.15, 0.2) is 0 Å². The van der Waals surface area contributed by atoms with Gasteiger partial charge in [0.2, 0.25) is 0 Å². The summed E-state index contributed by atoms with van der Waals surface area (Å²) in [5.74, 6) is 0. The smallest absolute Gasteiger partial charge is 0.371 e. The van der Waals surface area contributed by atoms with Gasteiger partial charge in [-0.1, -0.05) is 62.9 Å². The fourth-order valence-electron chi connectivity index (χ4n) is 4.17. The number of aliphatic hydroxyl groups is 1. The Hall–Kier alpha value is -2.06. The molecule has 0 bridgehead atoms.